The predicted octanol–water partition coefficient (Wildman–Crippen LogP) is 3.46. The van der Waals surface area contributed by atoms with Crippen molar-refractivity contribution < 1.29 is 17.6 Å². The number of halogens is 1. The standard InChI is InChI=1S/C21H19FN2O3S2/c1-3-12-24-18-11-8-16(22)14-19(18)28-21(24)23-20(25)5-4-13-29(26,27)17-9-6-15(2)7-10-17/h1,6-11,14H,4-5,12-13H2,2H3. The van der Waals surface area contributed by atoms with Gasteiger partial charge < -0.3 is 4.57 Å². The molecule has 8 heteroatoms. The molecule has 1 heterocycles. The third-order valence-electron chi connectivity index (χ3n) is 4.30. The molecule has 0 radical (unpaired) electrons. The number of sulfone groups is 1. The van der Waals surface area contributed by atoms with Crippen molar-refractivity contribution in [2.75, 3.05) is 5.75 Å². The molecule has 0 atom stereocenters. The Morgan fingerprint density at radius 1 is 1.24 bits per heavy atom. The van der Waals surface area contributed by atoms with Crippen LogP contribution < -0.4 is 4.80 Å². The van der Waals surface area contributed by atoms with Gasteiger partial charge in [0.1, 0.15) is 5.82 Å². The Kier molecular flexibility index (Phi) is 6.30. The Bertz CT molecular complexity index is 1260. The van der Waals surface area contributed by atoms with E-state index in [1.54, 1.807) is 34.9 Å². The Morgan fingerprint density at radius 2 is 1.97 bits per heavy atom. The van der Waals surface area contributed by atoms with E-state index in [1.165, 1.54) is 23.5 Å². The number of carbonyl (C=O) groups excluding carboxylic acids is 1. The summed E-state index contributed by atoms with van der Waals surface area (Å²) in [4.78, 5) is 17.0. The first kappa shape index (κ1) is 21.0. The molecule has 150 valence electrons. The van der Waals surface area contributed by atoms with Crippen LogP contribution in [0.2, 0.25) is 0 Å². The maximum absolute atomic E-state index is 13.5. The van der Waals surface area contributed by atoms with E-state index in [0.29, 0.717) is 15.0 Å². The monoisotopic (exact) mass is 430 g/mol. The summed E-state index contributed by atoms with van der Waals surface area (Å²) < 4.78 is 40.5. The highest BCUT2D eigenvalue weighted by Gasteiger charge is 2.15. The third kappa shape index (κ3) is 5.00. The summed E-state index contributed by atoms with van der Waals surface area (Å²) in [5.74, 6) is 1.54. The second kappa shape index (κ2) is 8.72. The van der Waals surface area contributed by atoms with Crippen molar-refractivity contribution in [2.24, 2.45) is 4.99 Å². The van der Waals surface area contributed by atoms with Crippen LogP contribution in [0.15, 0.2) is 52.4 Å². The number of aromatic nitrogens is 1. The highest BCUT2D eigenvalue weighted by Crippen LogP contribution is 2.19. The second-order valence-corrected chi connectivity index (χ2v) is 9.65. The highest BCUT2D eigenvalue weighted by atomic mass is 32.2. The first-order valence-corrected chi connectivity index (χ1v) is 11.4. The minimum atomic E-state index is -3.45. The molecule has 2 aromatic carbocycles. The molecule has 1 amide bonds. The minimum Gasteiger partial charge on any atom is -0.305 e. The lowest BCUT2D eigenvalue weighted by Crippen LogP contribution is -2.16. The van der Waals surface area contributed by atoms with E-state index in [2.05, 4.69) is 10.9 Å². The number of terminal acetylenes is 1. The molecule has 0 bridgehead atoms. The van der Waals surface area contributed by atoms with E-state index < -0.39 is 15.7 Å². The molecular formula is C21H19FN2O3S2. The minimum absolute atomic E-state index is 0.0102. The van der Waals surface area contributed by atoms with Crippen molar-refractivity contribution in [3.63, 3.8) is 0 Å². The lowest BCUT2D eigenvalue weighted by atomic mass is 10.2. The number of rotatable bonds is 6. The molecule has 0 unspecified atom stereocenters. The summed E-state index contributed by atoms with van der Waals surface area (Å²) in [7, 11) is -3.45. The number of hydrogen-bond donors (Lipinski definition) is 0. The van der Waals surface area contributed by atoms with Gasteiger partial charge in [-0.2, -0.15) is 4.99 Å². The largest absolute Gasteiger partial charge is 0.305 e. The smallest absolute Gasteiger partial charge is 0.248 e. The molecule has 0 saturated carbocycles. The highest BCUT2D eigenvalue weighted by molar-refractivity contribution is 7.91. The fourth-order valence-electron chi connectivity index (χ4n) is 2.82. The van der Waals surface area contributed by atoms with Gasteiger partial charge in [0, 0.05) is 6.42 Å². The van der Waals surface area contributed by atoms with Crippen LogP contribution in [0, 0.1) is 25.1 Å². The van der Waals surface area contributed by atoms with E-state index in [-0.39, 0.29) is 35.9 Å². The van der Waals surface area contributed by atoms with Crippen LogP contribution in [0.5, 0.6) is 0 Å². The van der Waals surface area contributed by atoms with E-state index in [0.717, 1.165) is 5.56 Å². The average Bonchev–Trinajstić information content (AvgIpc) is 2.98. The SMILES string of the molecule is C#CCn1c(=NC(=O)CCCS(=O)(=O)c2ccc(C)cc2)sc2cc(F)ccc21. The zero-order valence-electron chi connectivity index (χ0n) is 15.8. The van der Waals surface area contributed by atoms with Gasteiger partial charge in [0.15, 0.2) is 14.6 Å². The molecule has 3 aromatic rings. The number of benzene rings is 2. The van der Waals surface area contributed by atoms with Gasteiger partial charge in [-0.15, -0.1) is 6.42 Å². The normalized spacial score (nSPS) is 12.2. The van der Waals surface area contributed by atoms with Gasteiger partial charge in [-0.1, -0.05) is 35.0 Å². The molecule has 1 aromatic heterocycles. The zero-order valence-corrected chi connectivity index (χ0v) is 17.4. The van der Waals surface area contributed by atoms with Crippen LogP contribution in [-0.2, 0) is 21.2 Å². The summed E-state index contributed by atoms with van der Waals surface area (Å²) in [5.41, 5.74) is 1.67. The molecule has 0 saturated heterocycles. The quantitative estimate of drug-likeness (QED) is 0.563. The van der Waals surface area contributed by atoms with Gasteiger partial charge in [0.2, 0.25) is 5.91 Å². The lowest BCUT2D eigenvalue weighted by Gasteiger charge is -2.04. The predicted molar refractivity (Wildman–Crippen MR) is 112 cm³/mol. The fraction of sp³-hybridized carbons (Fsp3) is 0.238. The van der Waals surface area contributed by atoms with Crippen molar-refractivity contribution in [3.8, 4) is 12.3 Å². The number of carbonyl (C=O) groups is 1. The van der Waals surface area contributed by atoms with E-state index in [1.807, 2.05) is 6.92 Å². The van der Waals surface area contributed by atoms with Crippen LogP contribution in [0.4, 0.5) is 4.39 Å². The van der Waals surface area contributed by atoms with Gasteiger partial charge in [-0.3, -0.25) is 4.79 Å². The van der Waals surface area contributed by atoms with Gasteiger partial charge in [-0.25, -0.2) is 12.8 Å². The molecular weight excluding hydrogens is 411 g/mol. The van der Waals surface area contributed by atoms with Crippen molar-refractivity contribution >= 4 is 37.3 Å². The van der Waals surface area contributed by atoms with Gasteiger partial charge in [0.05, 0.1) is 27.4 Å². The molecule has 0 N–H and O–H groups in total. The summed E-state index contributed by atoms with van der Waals surface area (Å²) in [6, 6.07) is 10.9. The number of amides is 1. The third-order valence-corrected chi connectivity index (χ3v) is 7.16. The summed E-state index contributed by atoms with van der Waals surface area (Å²) in [6.45, 7) is 2.07. The van der Waals surface area contributed by atoms with Crippen LogP contribution >= 0.6 is 11.3 Å². The van der Waals surface area contributed by atoms with Crippen LogP contribution in [-0.4, -0.2) is 24.6 Å². The molecule has 0 aliphatic rings. The molecule has 5 nitrogen and oxygen atoms in total. The lowest BCUT2D eigenvalue weighted by molar-refractivity contribution is -0.118. The molecule has 0 fully saturated rings. The van der Waals surface area contributed by atoms with E-state index >= 15 is 0 Å². The summed E-state index contributed by atoms with van der Waals surface area (Å²) >= 11 is 1.17. The maximum atomic E-state index is 13.5. The Morgan fingerprint density at radius 3 is 2.66 bits per heavy atom. The van der Waals surface area contributed by atoms with E-state index in [4.69, 9.17) is 6.42 Å². The maximum Gasteiger partial charge on any atom is 0.248 e. The van der Waals surface area contributed by atoms with Gasteiger partial charge in [-0.05, 0) is 43.7 Å². The number of fused-ring (bicyclic) bond motifs is 1. The van der Waals surface area contributed by atoms with Crippen LogP contribution in [0.1, 0.15) is 18.4 Å². The first-order chi connectivity index (χ1) is 13.8. The first-order valence-electron chi connectivity index (χ1n) is 8.89. The van der Waals surface area contributed by atoms with Gasteiger partial charge in [0.25, 0.3) is 0 Å². The number of aryl methyl sites for hydroxylation is 1. The Labute approximate surface area is 172 Å². The summed E-state index contributed by atoms with van der Waals surface area (Å²) in [6.07, 6.45) is 5.55. The van der Waals surface area contributed by atoms with Crippen LogP contribution in [0.3, 0.4) is 0 Å². The van der Waals surface area contributed by atoms with Crippen molar-refractivity contribution in [3.05, 3.63) is 58.6 Å². The van der Waals surface area contributed by atoms with E-state index in [9.17, 15) is 17.6 Å². The number of hydrogen-bond acceptors (Lipinski definition) is 4. The fourth-order valence-corrected chi connectivity index (χ4v) is 5.20. The van der Waals surface area contributed by atoms with Crippen molar-refractivity contribution in [2.45, 2.75) is 31.2 Å². The Balaban J connectivity index is 1.75. The molecule has 29 heavy (non-hydrogen) atoms. The second-order valence-electron chi connectivity index (χ2n) is 6.53. The molecule has 0 spiro atoms. The van der Waals surface area contributed by atoms with Gasteiger partial charge >= 0.3 is 0 Å². The zero-order chi connectivity index (χ0) is 21.0. The average molecular weight is 431 g/mol. The summed E-state index contributed by atoms with van der Waals surface area (Å²) in [5, 5.41) is 0. The molecule has 0 aliphatic heterocycles. The van der Waals surface area contributed by atoms with Crippen molar-refractivity contribution in [1.82, 2.24) is 4.57 Å². The topological polar surface area (TPSA) is 68.5 Å². The molecule has 3 rings (SSSR count). The number of thiazole rings is 1. The van der Waals surface area contributed by atoms with Crippen LogP contribution in [0.25, 0.3) is 10.2 Å². The Hall–Kier alpha value is -2.76. The number of nitrogens with zero attached hydrogens (tertiary/aromatic N) is 2. The van der Waals surface area contributed by atoms with Crippen molar-refractivity contribution in [1.29, 1.82) is 0 Å². The molecule has 0 aliphatic carbocycles.